The Morgan fingerprint density at radius 2 is 1.43 bits per heavy atom. The van der Waals surface area contributed by atoms with E-state index in [9.17, 15) is 0 Å². The third kappa shape index (κ3) is 6.49. The first-order chi connectivity index (χ1) is 17.1. The van der Waals surface area contributed by atoms with Crippen LogP contribution in [0, 0.1) is 12.3 Å². The van der Waals surface area contributed by atoms with Gasteiger partial charge in [0.2, 0.25) is 0 Å². The summed E-state index contributed by atoms with van der Waals surface area (Å²) in [5, 5.41) is 0. The van der Waals surface area contributed by atoms with E-state index >= 15 is 0 Å². The smallest absolute Gasteiger partial charge is 0.0199 e. The SMILES string of the molecule is C=CC1=C(/C=C\CC)c2ccc(C)c3c2C1C(CCCCCCCC)(CCCCCCCC)C=C3. The monoisotopic (exact) mass is 472 g/mol. The van der Waals surface area contributed by atoms with Gasteiger partial charge >= 0.3 is 0 Å². The molecule has 0 N–H and O–H groups in total. The van der Waals surface area contributed by atoms with Gasteiger partial charge in [-0.25, -0.2) is 0 Å². The lowest BCUT2D eigenvalue weighted by Crippen LogP contribution is -2.30. The summed E-state index contributed by atoms with van der Waals surface area (Å²) < 4.78 is 0. The second kappa shape index (κ2) is 14.1. The average Bonchev–Trinajstić information content (AvgIpc) is 3.20. The molecule has 0 heteroatoms. The van der Waals surface area contributed by atoms with Crippen LogP contribution in [0.5, 0.6) is 0 Å². The maximum absolute atomic E-state index is 4.37. The minimum Gasteiger partial charge on any atom is -0.0987 e. The predicted octanol–water partition coefficient (Wildman–Crippen LogP) is 11.5. The van der Waals surface area contributed by atoms with Gasteiger partial charge in [0.25, 0.3) is 0 Å². The largest absolute Gasteiger partial charge is 0.0987 e. The third-order valence-corrected chi connectivity index (χ3v) is 8.59. The summed E-state index contributed by atoms with van der Waals surface area (Å²) >= 11 is 0. The van der Waals surface area contributed by atoms with Gasteiger partial charge in [0.15, 0.2) is 0 Å². The first kappa shape index (κ1) is 27.8. The highest BCUT2D eigenvalue weighted by atomic mass is 14.5. The van der Waals surface area contributed by atoms with Crippen molar-refractivity contribution in [3.05, 3.63) is 70.8 Å². The molecule has 0 nitrogen and oxygen atoms in total. The Labute approximate surface area is 217 Å². The van der Waals surface area contributed by atoms with Gasteiger partial charge in [0, 0.05) is 5.92 Å². The van der Waals surface area contributed by atoms with Gasteiger partial charge in [-0.05, 0) is 65.0 Å². The highest BCUT2D eigenvalue weighted by Crippen LogP contribution is 2.60. The van der Waals surface area contributed by atoms with Crippen molar-refractivity contribution < 1.29 is 0 Å². The normalized spacial score (nSPS) is 18.0. The number of benzene rings is 1. The first-order valence-electron chi connectivity index (χ1n) is 15.0. The molecule has 0 spiro atoms. The van der Waals surface area contributed by atoms with Crippen LogP contribution in [-0.2, 0) is 0 Å². The van der Waals surface area contributed by atoms with Gasteiger partial charge in [-0.1, -0.05) is 147 Å². The van der Waals surface area contributed by atoms with Crippen LogP contribution < -0.4 is 0 Å². The number of unbranched alkanes of at least 4 members (excludes halogenated alkanes) is 10. The summed E-state index contributed by atoms with van der Waals surface area (Å²) in [6.07, 6.45) is 32.2. The van der Waals surface area contributed by atoms with Crippen molar-refractivity contribution in [2.24, 2.45) is 5.41 Å². The summed E-state index contributed by atoms with van der Waals surface area (Å²) in [5.74, 6) is 0.470. The first-order valence-corrected chi connectivity index (χ1v) is 15.0. The van der Waals surface area contributed by atoms with E-state index in [0.29, 0.717) is 5.92 Å². The molecule has 0 bridgehead atoms. The molecule has 0 saturated heterocycles. The van der Waals surface area contributed by atoms with Gasteiger partial charge in [-0.3, -0.25) is 0 Å². The summed E-state index contributed by atoms with van der Waals surface area (Å²) in [6, 6.07) is 4.72. The van der Waals surface area contributed by atoms with E-state index in [2.05, 4.69) is 76.8 Å². The van der Waals surface area contributed by atoms with Crippen molar-refractivity contribution in [2.75, 3.05) is 0 Å². The molecule has 1 aromatic carbocycles. The maximum Gasteiger partial charge on any atom is 0.0199 e. The maximum atomic E-state index is 4.37. The van der Waals surface area contributed by atoms with Crippen molar-refractivity contribution in [3.63, 3.8) is 0 Å². The Morgan fingerprint density at radius 3 is 2.00 bits per heavy atom. The Morgan fingerprint density at radius 1 is 0.829 bits per heavy atom. The molecule has 3 rings (SSSR count). The van der Waals surface area contributed by atoms with E-state index in [4.69, 9.17) is 0 Å². The molecular weight excluding hydrogens is 420 g/mol. The van der Waals surface area contributed by atoms with Crippen LogP contribution in [0.3, 0.4) is 0 Å². The number of rotatable bonds is 17. The Balaban J connectivity index is 1.93. The summed E-state index contributed by atoms with van der Waals surface area (Å²) in [4.78, 5) is 0. The molecule has 0 aromatic heterocycles. The van der Waals surface area contributed by atoms with Crippen LogP contribution in [0.25, 0.3) is 11.6 Å². The third-order valence-electron chi connectivity index (χ3n) is 8.59. The minimum absolute atomic E-state index is 0.233. The van der Waals surface area contributed by atoms with Gasteiger partial charge in [-0.2, -0.15) is 0 Å². The Kier molecular flexibility index (Phi) is 11.1. The molecule has 1 aromatic rings. The van der Waals surface area contributed by atoms with E-state index < -0.39 is 0 Å². The number of hydrogen-bond donors (Lipinski definition) is 0. The summed E-state index contributed by atoms with van der Waals surface area (Å²) in [7, 11) is 0. The van der Waals surface area contributed by atoms with Crippen molar-refractivity contribution >= 4 is 11.6 Å². The predicted molar refractivity (Wildman–Crippen MR) is 158 cm³/mol. The highest BCUT2D eigenvalue weighted by Gasteiger charge is 2.46. The van der Waals surface area contributed by atoms with Crippen LogP contribution in [0.1, 0.15) is 145 Å². The lowest BCUT2D eigenvalue weighted by molar-refractivity contribution is 0.261. The van der Waals surface area contributed by atoms with Gasteiger partial charge in [0.1, 0.15) is 0 Å². The van der Waals surface area contributed by atoms with Crippen LogP contribution in [0.2, 0.25) is 0 Å². The molecule has 0 saturated carbocycles. The molecular formula is C35H52. The van der Waals surface area contributed by atoms with E-state index in [1.54, 1.807) is 5.56 Å². The number of allylic oxidation sites excluding steroid dienone is 6. The molecule has 1 atom stereocenters. The lowest BCUT2D eigenvalue weighted by Gasteiger charge is -2.42. The fourth-order valence-corrected chi connectivity index (χ4v) is 6.62. The van der Waals surface area contributed by atoms with Gasteiger partial charge in [0.05, 0.1) is 0 Å². The van der Waals surface area contributed by atoms with E-state index in [1.807, 2.05) is 0 Å². The van der Waals surface area contributed by atoms with E-state index in [0.717, 1.165) is 6.42 Å². The van der Waals surface area contributed by atoms with Crippen molar-refractivity contribution in [1.29, 1.82) is 0 Å². The number of aryl methyl sites for hydroxylation is 1. The van der Waals surface area contributed by atoms with E-state index in [-0.39, 0.29) is 5.41 Å². The molecule has 1 unspecified atom stereocenters. The molecule has 0 radical (unpaired) electrons. The second-order valence-electron chi connectivity index (χ2n) is 11.2. The number of hydrogen-bond acceptors (Lipinski definition) is 0. The summed E-state index contributed by atoms with van der Waals surface area (Å²) in [5.41, 5.74) is 9.12. The molecule has 0 fully saturated rings. The lowest BCUT2D eigenvalue weighted by atomic mass is 9.61. The Bertz CT molecular complexity index is 890. The zero-order valence-corrected chi connectivity index (χ0v) is 23.4. The van der Waals surface area contributed by atoms with Crippen molar-refractivity contribution in [1.82, 2.24) is 0 Å². The molecule has 2 aliphatic carbocycles. The zero-order valence-electron chi connectivity index (χ0n) is 23.4. The minimum atomic E-state index is 0.233. The standard InChI is InChI=1S/C35H52/c1-6-10-13-15-17-19-25-35(26-20-18-16-14-11-7-2)27-24-30-28(5)22-23-32-31(21-12-8-3)29(9-4)34(35)33(30)32/h9,12,21-24,27,34H,4,6-8,10-11,13-20,25-26H2,1-3,5H3/b21-12-. The molecule has 0 amide bonds. The fraction of sp³-hybridized carbons (Fsp3) is 0.600. The van der Waals surface area contributed by atoms with Crippen LogP contribution >= 0.6 is 0 Å². The fourth-order valence-electron chi connectivity index (χ4n) is 6.62. The van der Waals surface area contributed by atoms with Gasteiger partial charge in [-0.15, -0.1) is 0 Å². The molecule has 35 heavy (non-hydrogen) atoms. The zero-order chi connectivity index (χ0) is 25.1. The van der Waals surface area contributed by atoms with Gasteiger partial charge < -0.3 is 0 Å². The van der Waals surface area contributed by atoms with Crippen LogP contribution in [-0.4, -0.2) is 0 Å². The molecule has 0 aliphatic heterocycles. The second-order valence-corrected chi connectivity index (χ2v) is 11.2. The molecule has 0 heterocycles. The topological polar surface area (TPSA) is 0 Å². The van der Waals surface area contributed by atoms with Crippen LogP contribution in [0.4, 0.5) is 0 Å². The molecule has 2 aliphatic rings. The quantitative estimate of drug-likeness (QED) is 0.198. The van der Waals surface area contributed by atoms with Crippen molar-refractivity contribution in [2.45, 2.75) is 130 Å². The average molecular weight is 473 g/mol. The molecule has 192 valence electrons. The van der Waals surface area contributed by atoms with E-state index in [1.165, 1.54) is 118 Å². The Hall–Kier alpha value is -1.82. The summed E-state index contributed by atoms with van der Waals surface area (Å²) in [6.45, 7) is 13.5. The van der Waals surface area contributed by atoms with Crippen molar-refractivity contribution in [3.8, 4) is 0 Å². The highest BCUT2D eigenvalue weighted by molar-refractivity contribution is 5.90. The van der Waals surface area contributed by atoms with Crippen LogP contribution in [0.15, 0.2) is 48.6 Å².